The monoisotopic (exact) mass is 257 g/mol. The van der Waals surface area contributed by atoms with Crippen LogP contribution in [0.15, 0.2) is 24.4 Å². The summed E-state index contributed by atoms with van der Waals surface area (Å²) in [6, 6.07) is 5.88. The van der Waals surface area contributed by atoms with Gasteiger partial charge in [0.2, 0.25) is 0 Å². The van der Waals surface area contributed by atoms with Gasteiger partial charge in [0.15, 0.2) is 5.78 Å². The van der Waals surface area contributed by atoms with Crippen LogP contribution in [-0.4, -0.2) is 17.4 Å². The van der Waals surface area contributed by atoms with Crippen molar-refractivity contribution in [3.8, 4) is 5.75 Å². The van der Waals surface area contributed by atoms with Gasteiger partial charge in [-0.1, -0.05) is 18.9 Å². The molecule has 3 rings (SSSR count). The van der Waals surface area contributed by atoms with E-state index in [9.17, 15) is 4.79 Å². The lowest BCUT2D eigenvalue weighted by atomic mass is 9.96. The maximum atomic E-state index is 12.6. The maximum absolute atomic E-state index is 12.6. The van der Waals surface area contributed by atoms with Gasteiger partial charge in [-0.15, -0.1) is 0 Å². The molecule has 1 heterocycles. The molecule has 1 aliphatic rings. The van der Waals surface area contributed by atoms with Crippen molar-refractivity contribution in [2.45, 2.75) is 32.6 Å². The molecule has 0 amide bonds. The Kier molecular flexibility index (Phi) is 3.28. The van der Waals surface area contributed by atoms with Crippen LogP contribution in [0.25, 0.3) is 10.9 Å². The minimum atomic E-state index is 0.202. The number of aromatic amines is 1. The van der Waals surface area contributed by atoms with Crippen LogP contribution in [0.5, 0.6) is 5.75 Å². The first-order valence-corrected chi connectivity index (χ1v) is 7.08. The molecule has 1 saturated carbocycles. The Labute approximate surface area is 113 Å². The van der Waals surface area contributed by atoms with Crippen LogP contribution in [0.3, 0.4) is 0 Å². The Morgan fingerprint density at radius 1 is 1.37 bits per heavy atom. The number of hydrogen-bond acceptors (Lipinski definition) is 2. The molecule has 0 saturated heterocycles. The van der Waals surface area contributed by atoms with E-state index in [1.54, 1.807) is 0 Å². The first-order chi connectivity index (χ1) is 9.31. The molecular formula is C16H19NO2. The number of ether oxygens (including phenoxy) is 1. The van der Waals surface area contributed by atoms with E-state index in [0.29, 0.717) is 6.61 Å². The third-order valence-corrected chi connectivity index (χ3v) is 3.96. The van der Waals surface area contributed by atoms with Gasteiger partial charge in [-0.05, 0) is 31.9 Å². The van der Waals surface area contributed by atoms with Crippen molar-refractivity contribution < 1.29 is 9.53 Å². The Bertz CT molecular complexity index is 594. The highest BCUT2D eigenvalue weighted by Crippen LogP contribution is 2.34. The highest BCUT2D eigenvalue weighted by Gasteiger charge is 2.26. The van der Waals surface area contributed by atoms with Crippen LogP contribution in [0.2, 0.25) is 0 Å². The van der Waals surface area contributed by atoms with Crippen LogP contribution < -0.4 is 4.74 Å². The summed E-state index contributed by atoms with van der Waals surface area (Å²) in [5, 5.41) is 0.946. The summed E-state index contributed by atoms with van der Waals surface area (Å²) in [5.41, 5.74) is 1.78. The van der Waals surface area contributed by atoms with Gasteiger partial charge in [0.25, 0.3) is 0 Å². The van der Waals surface area contributed by atoms with Gasteiger partial charge in [-0.2, -0.15) is 0 Å². The van der Waals surface area contributed by atoms with Crippen LogP contribution in [-0.2, 0) is 0 Å². The first-order valence-electron chi connectivity index (χ1n) is 7.08. The molecule has 1 aliphatic carbocycles. The number of carbonyl (C=O) groups excluding carboxylic acids is 1. The summed E-state index contributed by atoms with van der Waals surface area (Å²) >= 11 is 0. The van der Waals surface area contributed by atoms with Crippen molar-refractivity contribution >= 4 is 16.7 Å². The maximum Gasteiger partial charge on any atom is 0.168 e. The minimum absolute atomic E-state index is 0.202. The van der Waals surface area contributed by atoms with Gasteiger partial charge in [0.05, 0.1) is 12.0 Å². The minimum Gasteiger partial charge on any atom is -0.493 e. The van der Waals surface area contributed by atoms with Crippen LogP contribution >= 0.6 is 0 Å². The molecule has 0 atom stereocenters. The average Bonchev–Trinajstić information content (AvgIpc) is 3.08. The second kappa shape index (κ2) is 5.08. The summed E-state index contributed by atoms with van der Waals surface area (Å²) in [6.45, 7) is 2.57. The second-order valence-electron chi connectivity index (χ2n) is 5.16. The first kappa shape index (κ1) is 12.3. The van der Waals surface area contributed by atoms with Crippen molar-refractivity contribution in [1.29, 1.82) is 0 Å². The summed E-state index contributed by atoms with van der Waals surface area (Å²) in [7, 11) is 0. The van der Waals surface area contributed by atoms with E-state index >= 15 is 0 Å². The van der Waals surface area contributed by atoms with Gasteiger partial charge in [0.1, 0.15) is 5.75 Å². The fraction of sp³-hybridized carbons (Fsp3) is 0.438. The zero-order chi connectivity index (χ0) is 13.2. The Balaban J connectivity index is 2.05. The van der Waals surface area contributed by atoms with Gasteiger partial charge >= 0.3 is 0 Å². The Hall–Kier alpha value is -1.77. The molecule has 1 aromatic carbocycles. The van der Waals surface area contributed by atoms with E-state index in [1.165, 1.54) is 12.8 Å². The number of hydrogen-bond donors (Lipinski definition) is 1. The predicted molar refractivity (Wildman–Crippen MR) is 75.8 cm³/mol. The van der Waals surface area contributed by atoms with Crippen LogP contribution in [0, 0.1) is 5.92 Å². The third kappa shape index (κ3) is 2.14. The molecule has 1 fully saturated rings. The largest absolute Gasteiger partial charge is 0.493 e. The lowest BCUT2D eigenvalue weighted by molar-refractivity contribution is 0.0924. The van der Waals surface area contributed by atoms with Gasteiger partial charge in [-0.3, -0.25) is 4.79 Å². The van der Waals surface area contributed by atoms with Crippen LogP contribution in [0.1, 0.15) is 43.0 Å². The number of nitrogens with one attached hydrogen (secondary N) is 1. The zero-order valence-electron chi connectivity index (χ0n) is 11.2. The smallest absolute Gasteiger partial charge is 0.168 e. The number of fused-ring (bicyclic) bond motifs is 1. The Morgan fingerprint density at radius 3 is 2.89 bits per heavy atom. The molecule has 2 aromatic rings. The Morgan fingerprint density at radius 2 is 2.16 bits per heavy atom. The van der Waals surface area contributed by atoms with E-state index in [0.717, 1.165) is 35.1 Å². The molecule has 0 unspecified atom stereocenters. The average molecular weight is 257 g/mol. The molecule has 1 aromatic heterocycles. The molecule has 0 spiro atoms. The van der Waals surface area contributed by atoms with Crippen LogP contribution in [0.4, 0.5) is 0 Å². The quantitative estimate of drug-likeness (QED) is 0.843. The normalized spacial score (nSPS) is 16.1. The summed E-state index contributed by atoms with van der Waals surface area (Å²) in [4.78, 5) is 15.8. The fourth-order valence-corrected chi connectivity index (χ4v) is 3.03. The molecule has 0 radical (unpaired) electrons. The highest BCUT2D eigenvalue weighted by molar-refractivity contribution is 6.10. The summed E-state index contributed by atoms with van der Waals surface area (Å²) in [6.07, 6.45) is 6.26. The predicted octanol–water partition coefficient (Wildman–Crippen LogP) is 3.94. The zero-order valence-corrected chi connectivity index (χ0v) is 11.2. The van der Waals surface area contributed by atoms with Gasteiger partial charge in [0, 0.05) is 23.2 Å². The fourth-order valence-electron chi connectivity index (χ4n) is 3.03. The molecule has 3 nitrogen and oxygen atoms in total. The standard InChI is InChI=1S/C16H19NO2/c1-2-19-14-9-5-8-13-15(14)12(10-17-13)16(18)11-6-3-4-7-11/h5,8-11,17H,2-4,6-7H2,1H3. The second-order valence-corrected chi connectivity index (χ2v) is 5.16. The number of rotatable bonds is 4. The number of H-pyrrole nitrogens is 1. The third-order valence-electron chi connectivity index (χ3n) is 3.96. The number of carbonyl (C=O) groups is 1. The van der Waals surface area contributed by atoms with Crippen molar-refractivity contribution in [3.05, 3.63) is 30.0 Å². The van der Waals surface area contributed by atoms with E-state index < -0.39 is 0 Å². The number of ketones is 1. The molecule has 100 valence electrons. The number of benzene rings is 1. The van der Waals surface area contributed by atoms with E-state index in [1.807, 2.05) is 31.3 Å². The van der Waals surface area contributed by atoms with E-state index in [4.69, 9.17) is 4.74 Å². The molecule has 19 heavy (non-hydrogen) atoms. The molecule has 0 bridgehead atoms. The summed E-state index contributed by atoms with van der Waals surface area (Å²) in [5.74, 6) is 1.28. The number of aromatic nitrogens is 1. The van der Waals surface area contributed by atoms with Crippen molar-refractivity contribution in [3.63, 3.8) is 0 Å². The van der Waals surface area contributed by atoms with Crippen molar-refractivity contribution in [1.82, 2.24) is 4.98 Å². The van der Waals surface area contributed by atoms with Crippen molar-refractivity contribution in [2.24, 2.45) is 5.92 Å². The van der Waals surface area contributed by atoms with Gasteiger partial charge < -0.3 is 9.72 Å². The van der Waals surface area contributed by atoms with E-state index in [-0.39, 0.29) is 11.7 Å². The van der Waals surface area contributed by atoms with Crippen molar-refractivity contribution in [2.75, 3.05) is 6.61 Å². The lowest BCUT2D eigenvalue weighted by Gasteiger charge is -2.09. The molecular weight excluding hydrogens is 238 g/mol. The molecule has 0 aliphatic heterocycles. The number of Topliss-reactive ketones (excluding diaryl/α,β-unsaturated/α-hetero) is 1. The summed E-state index contributed by atoms with van der Waals surface area (Å²) < 4.78 is 5.66. The van der Waals surface area contributed by atoms with E-state index in [2.05, 4.69) is 4.98 Å². The van der Waals surface area contributed by atoms with Gasteiger partial charge in [-0.25, -0.2) is 0 Å². The lowest BCUT2D eigenvalue weighted by Crippen LogP contribution is -2.10. The SMILES string of the molecule is CCOc1cccc2[nH]cc(C(=O)C3CCCC3)c12. The molecule has 1 N–H and O–H groups in total. The molecule has 3 heteroatoms. The topological polar surface area (TPSA) is 42.1 Å². The highest BCUT2D eigenvalue weighted by atomic mass is 16.5.